The van der Waals surface area contributed by atoms with Crippen LogP contribution in [0.2, 0.25) is 0 Å². The molecule has 0 atom stereocenters. The summed E-state index contributed by atoms with van der Waals surface area (Å²) < 4.78 is 1.97. The topological polar surface area (TPSA) is 55.6 Å². The van der Waals surface area contributed by atoms with Crippen molar-refractivity contribution >= 4 is 16.9 Å². The number of nitrogens with one attached hydrogen (secondary N) is 1. The predicted molar refractivity (Wildman–Crippen MR) is 74.0 cm³/mol. The van der Waals surface area contributed by atoms with Gasteiger partial charge in [-0.3, -0.25) is 4.68 Å². The fourth-order valence-corrected chi connectivity index (χ4v) is 2.03. The summed E-state index contributed by atoms with van der Waals surface area (Å²) in [5.74, 6) is 2.09. The molecule has 2 heterocycles. The lowest BCUT2D eigenvalue weighted by atomic mass is 10.2. The van der Waals surface area contributed by atoms with E-state index in [4.69, 9.17) is 0 Å². The maximum Gasteiger partial charge on any atom is 0.156 e. The van der Waals surface area contributed by atoms with E-state index in [1.165, 1.54) is 0 Å². The normalized spacial score (nSPS) is 11.4. The van der Waals surface area contributed by atoms with Gasteiger partial charge in [0.25, 0.3) is 0 Å². The van der Waals surface area contributed by atoms with Gasteiger partial charge in [0.15, 0.2) is 5.82 Å². The third-order valence-corrected chi connectivity index (χ3v) is 2.93. The van der Waals surface area contributed by atoms with Gasteiger partial charge in [0, 0.05) is 19.0 Å². The van der Waals surface area contributed by atoms with Crippen LogP contribution in [-0.4, -0.2) is 26.3 Å². The van der Waals surface area contributed by atoms with Crippen LogP contribution in [0.15, 0.2) is 0 Å². The molecule has 0 radical (unpaired) electrons. The van der Waals surface area contributed by atoms with Crippen LogP contribution in [-0.2, 0) is 6.54 Å². The van der Waals surface area contributed by atoms with Gasteiger partial charge in [-0.2, -0.15) is 5.10 Å². The van der Waals surface area contributed by atoms with Crippen molar-refractivity contribution in [2.45, 2.75) is 47.1 Å². The smallest absolute Gasteiger partial charge is 0.156 e. The van der Waals surface area contributed by atoms with Crippen LogP contribution in [0.3, 0.4) is 0 Å². The Kier molecular flexibility index (Phi) is 3.50. The molecule has 0 aromatic carbocycles. The van der Waals surface area contributed by atoms with E-state index in [0.29, 0.717) is 5.92 Å². The second-order valence-corrected chi connectivity index (χ2v) is 4.71. The van der Waals surface area contributed by atoms with Crippen LogP contribution in [0, 0.1) is 6.92 Å². The van der Waals surface area contributed by atoms with Crippen LogP contribution < -0.4 is 5.32 Å². The van der Waals surface area contributed by atoms with Gasteiger partial charge in [0.2, 0.25) is 0 Å². The Hall–Kier alpha value is -1.65. The highest BCUT2D eigenvalue weighted by Crippen LogP contribution is 2.25. The molecule has 5 nitrogen and oxygen atoms in total. The van der Waals surface area contributed by atoms with Gasteiger partial charge in [-0.05, 0) is 20.8 Å². The first-order valence-electron chi connectivity index (χ1n) is 6.57. The molecule has 0 saturated carbocycles. The summed E-state index contributed by atoms with van der Waals surface area (Å²) in [6.45, 7) is 12.0. The zero-order valence-electron chi connectivity index (χ0n) is 11.8. The van der Waals surface area contributed by atoms with E-state index in [0.717, 1.165) is 41.5 Å². The molecule has 2 aromatic heterocycles. The van der Waals surface area contributed by atoms with Crippen LogP contribution >= 0.6 is 0 Å². The lowest BCUT2D eigenvalue weighted by Gasteiger charge is -2.10. The first kappa shape index (κ1) is 12.8. The summed E-state index contributed by atoms with van der Waals surface area (Å²) in [7, 11) is 0. The molecule has 2 aromatic rings. The lowest BCUT2D eigenvalue weighted by molar-refractivity contribution is 0.675. The Bertz CT molecular complexity index is 556. The van der Waals surface area contributed by atoms with Crippen molar-refractivity contribution in [3.05, 3.63) is 11.5 Å². The Morgan fingerprint density at radius 3 is 2.50 bits per heavy atom. The summed E-state index contributed by atoms with van der Waals surface area (Å²) in [5.41, 5.74) is 2.95. The van der Waals surface area contributed by atoms with E-state index in [1.807, 2.05) is 11.6 Å². The Labute approximate surface area is 108 Å². The molecular weight excluding hydrogens is 226 g/mol. The highest BCUT2D eigenvalue weighted by molar-refractivity contribution is 5.87. The van der Waals surface area contributed by atoms with E-state index < -0.39 is 0 Å². The quantitative estimate of drug-likeness (QED) is 0.902. The Balaban J connectivity index is 2.74. The third-order valence-electron chi connectivity index (χ3n) is 2.93. The van der Waals surface area contributed by atoms with Crippen LogP contribution in [0.25, 0.3) is 11.0 Å². The number of fused-ring (bicyclic) bond motifs is 1. The van der Waals surface area contributed by atoms with Crippen molar-refractivity contribution in [1.82, 2.24) is 19.7 Å². The standard InChI is InChI=1S/C13H21N5/c1-6-14-13-11-10(9(5)17-18(11)7-2)15-12(16-13)8(3)4/h8H,6-7H2,1-5H3,(H,14,15,16). The number of anilines is 1. The molecule has 0 amide bonds. The molecule has 18 heavy (non-hydrogen) atoms. The molecular formula is C13H21N5. The molecule has 2 rings (SSSR count). The van der Waals surface area contributed by atoms with E-state index >= 15 is 0 Å². The van der Waals surface area contributed by atoms with E-state index in [9.17, 15) is 0 Å². The summed E-state index contributed by atoms with van der Waals surface area (Å²) in [6, 6.07) is 0. The molecule has 0 aliphatic rings. The third kappa shape index (κ3) is 2.05. The van der Waals surface area contributed by atoms with Gasteiger partial charge in [-0.1, -0.05) is 13.8 Å². The molecule has 0 fully saturated rings. The average Bonchev–Trinajstić information content (AvgIpc) is 2.67. The minimum atomic E-state index is 0.316. The summed E-state index contributed by atoms with van der Waals surface area (Å²) in [5, 5.41) is 7.85. The molecule has 0 bridgehead atoms. The van der Waals surface area contributed by atoms with E-state index in [-0.39, 0.29) is 0 Å². The number of nitrogens with zero attached hydrogens (tertiary/aromatic N) is 4. The summed E-state index contributed by atoms with van der Waals surface area (Å²) in [6.07, 6.45) is 0. The summed E-state index contributed by atoms with van der Waals surface area (Å²) in [4.78, 5) is 9.28. The number of rotatable bonds is 4. The molecule has 0 saturated heterocycles. The molecule has 0 spiro atoms. The van der Waals surface area contributed by atoms with Gasteiger partial charge in [0.1, 0.15) is 16.9 Å². The number of aryl methyl sites for hydroxylation is 2. The SMILES string of the molecule is CCNc1nc(C(C)C)nc2c(C)nn(CC)c12. The molecule has 0 unspecified atom stereocenters. The second-order valence-electron chi connectivity index (χ2n) is 4.71. The van der Waals surface area contributed by atoms with Crippen LogP contribution in [0.4, 0.5) is 5.82 Å². The first-order chi connectivity index (χ1) is 8.58. The first-order valence-corrected chi connectivity index (χ1v) is 6.57. The Morgan fingerprint density at radius 2 is 1.94 bits per heavy atom. The zero-order valence-corrected chi connectivity index (χ0v) is 11.8. The van der Waals surface area contributed by atoms with Gasteiger partial charge < -0.3 is 5.32 Å². The van der Waals surface area contributed by atoms with Crippen LogP contribution in [0.5, 0.6) is 0 Å². The second kappa shape index (κ2) is 4.92. The molecule has 0 aliphatic heterocycles. The maximum absolute atomic E-state index is 4.65. The van der Waals surface area contributed by atoms with Gasteiger partial charge in [-0.25, -0.2) is 9.97 Å². The van der Waals surface area contributed by atoms with Crippen molar-refractivity contribution in [3.8, 4) is 0 Å². The minimum Gasteiger partial charge on any atom is -0.368 e. The van der Waals surface area contributed by atoms with Crippen molar-refractivity contribution in [2.75, 3.05) is 11.9 Å². The average molecular weight is 247 g/mol. The van der Waals surface area contributed by atoms with Crippen LogP contribution in [0.1, 0.15) is 45.1 Å². The monoisotopic (exact) mass is 247 g/mol. The van der Waals surface area contributed by atoms with Gasteiger partial charge in [-0.15, -0.1) is 0 Å². The predicted octanol–water partition coefficient (Wildman–Crippen LogP) is 2.71. The van der Waals surface area contributed by atoms with Gasteiger partial charge >= 0.3 is 0 Å². The highest BCUT2D eigenvalue weighted by Gasteiger charge is 2.16. The van der Waals surface area contributed by atoms with Crippen molar-refractivity contribution in [2.24, 2.45) is 0 Å². The number of hydrogen-bond donors (Lipinski definition) is 1. The van der Waals surface area contributed by atoms with Gasteiger partial charge in [0.05, 0.1) is 5.69 Å². The minimum absolute atomic E-state index is 0.316. The van der Waals surface area contributed by atoms with Crippen molar-refractivity contribution in [3.63, 3.8) is 0 Å². The highest BCUT2D eigenvalue weighted by atomic mass is 15.3. The maximum atomic E-state index is 4.65. The zero-order chi connectivity index (χ0) is 13.3. The largest absolute Gasteiger partial charge is 0.368 e. The van der Waals surface area contributed by atoms with E-state index in [1.54, 1.807) is 0 Å². The summed E-state index contributed by atoms with van der Waals surface area (Å²) >= 11 is 0. The Morgan fingerprint density at radius 1 is 1.22 bits per heavy atom. The molecule has 1 N–H and O–H groups in total. The number of aromatic nitrogens is 4. The fourth-order valence-electron chi connectivity index (χ4n) is 2.03. The lowest BCUT2D eigenvalue weighted by Crippen LogP contribution is -2.08. The molecule has 0 aliphatic carbocycles. The molecule has 5 heteroatoms. The van der Waals surface area contributed by atoms with Crippen molar-refractivity contribution in [1.29, 1.82) is 0 Å². The van der Waals surface area contributed by atoms with E-state index in [2.05, 4.69) is 48.1 Å². The van der Waals surface area contributed by atoms with Crippen molar-refractivity contribution < 1.29 is 0 Å². The fraction of sp³-hybridized carbons (Fsp3) is 0.615. The number of hydrogen-bond acceptors (Lipinski definition) is 4. The molecule has 98 valence electrons.